The van der Waals surface area contributed by atoms with Crippen LogP contribution in [0.5, 0.6) is 0 Å². The number of aryl methyl sites for hydroxylation is 4. The highest BCUT2D eigenvalue weighted by Crippen LogP contribution is 2.30. The molecule has 256 valence electrons. The van der Waals surface area contributed by atoms with E-state index >= 15 is 0 Å². The van der Waals surface area contributed by atoms with Gasteiger partial charge in [0.1, 0.15) is 0 Å². The van der Waals surface area contributed by atoms with Crippen LogP contribution in [0.1, 0.15) is 36.1 Å². The van der Waals surface area contributed by atoms with Crippen molar-refractivity contribution in [2.24, 2.45) is 0 Å². The topological polar surface area (TPSA) is 143 Å². The molecule has 0 amide bonds. The van der Waals surface area contributed by atoms with E-state index in [4.69, 9.17) is 0 Å². The minimum absolute atomic E-state index is 0.129. The molecule has 48 heavy (non-hydrogen) atoms. The first kappa shape index (κ1) is 37.2. The lowest BCUT2D eigenvalue weighted by atomic mass is 10.1. The Balaban J connectivity index is 1.85. The van der Waals surface area contributed by atoms with Crippen LogP contribution in [0.4, 0.5) is 0 Å². The van der Waals surface area contributed by atoms with Gasteiger partial charge in [0, 0.05) is 0 Å². The average molecular weight is 731 g/mol. The molecule has 0 bridgehead atoms. The van der Waals surface area contributed by atoms with Gasteiger partial charge in [-0.1, -0.05) is 89.4 Å². The van der Waals surface area contributed by atoms with Gasteiger partial charge in [-0.3, -0.25) is 0 Å². The predicted octanol–water partition coefficient (Wildman–Crippen LogP) is 5.72. The fraction of sp³-hybridized carbons (Fsp3) is 0.235. The van der Waals surface area contributed by atoms with Crippen LogP contribution >= 0.6 is 0 Å². The molecular formula is C34H38N2O8S4. The Bertz CT molecular complexity index is 1950. The van der Waals surface area contributed by atoms with Crippen molar-refractivity contribution >= 4 is 40.1 Å². The van der Waals surface area contributed by atoms with Crippen molar-refractivity contribution in [3.8, 4) is 0 Å². The maximum atomic E-state index is 14.0. The first-order chi connectivity index (χ1) is 22.3. The molecule has 0 aliphatic rings. The van der Waals surface area contributed by atoms with E-state index in [-0.39, 0.29) is 30.7 Å². The van der Waals surface area contributed by atoms with E-state index < -0.39 is 53.2 Å². The third-order valence-electron chi connectivity index (χ3n) is 7.81. The maximum Gasteiger partial charge on any atom is 0.256 e. The quantitative estimate of drug-likeness (QED) is 0.169. The molecule has 0 fully saturated rings. The number of hydrogen-bond donors (Lipinski definition) is 0. The predicted molar refractivity (Wildman–Crippen MR) is 185 cm³/mol. The highest BCUT2D eigenvalue weighted by Gasteiger charge is 2.39. The van der Waals surface area contributed by atoms with Crippen LogP contribution in [-0.4, -0.2) is 54.2 Å². The van der Waals surface area contributed by atoms with Crippen molar-refractivity contribution < 1.29 is 33.7 Å². The third-order valence-corrected chi connectivity index (χ3v) is 16.3. The van der Waals surface area contributed by atoms with Crippen molar-refractivity contribution in [1.29, 1.82) is 0 Å². The van der Waals surface area contributed by atoms with Crippen LogP contribution in [-0.2, 0) is 40.1 Å². The van der Waals surface area contributed by atoms with E-state index in [2.05, 4.69) is 0 Å². The van der Waals surface area contributed by atoms with Gasteiger partial charge in [-0.05, 0) is 90.1 Å². The van der Waals surface area contributed by atoms with Gasteiger partial charge >= 0.3 is 0 Å². The van der Waals surface area contributed by atoms with Gasteiger partial charge in [0.25, 0.3) is 40.1 Å². The third kappa shape index (κ3) is 7.80. The van der Waals surface area contributed by atoms with Crippen molar-refractivity contribution in [2.45, 2.75) is 61.1 Å². The molecule has 0 saturated heterocycles. The van der Waals surface area contributed by atoms with Crippen LogP contribution in [0, 0.1) is 27.7 Å². The highest BCUT2D eigenvalue weighted by atomic mass is 32.3. The van der Waals surface area contributed by atoms with Crippen molar-refractivity contribution in [1.82, 2.24) is 7.42 Å². The summed E-state index contributed by atoms with van der Waals surface area (Å²) in [6, 6.07) is 22.8. The molecule has 0 aromatic heterocycles. The Morgan fingerprint density at radius 1 is 0.375 bits per heavy atom. The van der Waals surface area contributed by atoms with Crippen LogP contribution in [0.15, 0.2) is 128 Å². The van der Waals surface area contributed by atoms with Gasteiger partial charge in [0.05, 0.1) is 32.7 Å². The molecule has 10 nitrogen and oxygen atoms in total. The summed E-state index contributed by atoms with van der Waals surface area (Å²) in [6.45, 7) is 8.49. The Kier molecular flexibility index (Phi) is 10.9. The zero-order chi connectivity index (χ0) is 35.7. The van der Waals surface area contributed by atoms with Crippen LogP contribution in [0.2, 0.25) is 0 Å². The zero-order valence-corrected chi connectivity index (χ0v) is 30.7. The zero-order valence-electron chi connectivity index (χ0n) is 27.4. The molecule has 4 aromatic carbocycles. The number of sulfonamides is 4. The van der Waals surface area contributed by atoms with Gasteiger partial charge < -0.3 is 0 Å². The Morgan fingerprint density at radius 3 is 0.708 bits per heavy atom. The van der Waals surface area contributed by atoms with E-state index in [0.717, 1.165) is 22.3 Å². The van der Waals surface area contributed by atoms with Gasteiger partial charge in [-0.25, -0.2) is 33.7 Å². The lowest BCUT2D eigenvalue weighted by molar-refractivity contribution is 0.500. The van der Waals surface area contributed by atoms with Crippen LogP contribution in [0.3, 0.4) is 0 Å². The summed E-state index contributed by atoms with van der Waals surface area (Å²) in [6.07, 6.45) is 0. The van der Waals surface area contributed by atoms with Gasteiger partial charge in [-0.15, -0.1) is 0 Å². The van der Waals surface area contributed by atoms with E-state index in [9.17, 15) is 33.7 Å². The highest BCUT2D eigenvalue weighted by molar-refractivity contribution is 8.04. The Labute approximate surface area is 284 Å². The molecule has 0 heterocycles. The van der Waals surface area contributed by atoms with E-state index in [1.807, 2.05) is 0 Å². The average Bonchev–Trinajstić information content (AvgIpc) is 3.02. The molecule has 0 saturated carbocycles. The molecule has 0 aliphatic heterocycles. The summed E-state index contributed by atoms with van der Waals surface area (Å²) in [7, 11) is -18.7. The normalized spacial score (nSPS) is 13.5. The number of rotatable bonds is 12. The summed E-state index contributed by atoms with van der Waals surface area (Å²) >= 11 is 0. The minimum atomic E-state index is -4.68. The fourth-order valence-corrected chi connectivity index (χ4v) is 12.0. The van der Waals surface area contributed by atoms with Crippen molar-refractivity contribution in [3.05, 3.63) is 130 Å². The molecule has 0 radical (unpaired) electrons. The molecule has 0 unspecified atom stereocenters. The smallest absolute Gasteiger partial charge is 0.206 e. The molecule has 0 atom stereocenters. The lowest BCUT2D eigenvalue weighted by Gasteiger charge is -2.26. The second-order valence-electron chi connectivity index (χ2n) is 11.7. The summed E-state index contributed by atoms with van der Waals surface area (Å²) in [5.74, 6) is 0. The molecule has 4 aromatic rings. The van der Waals surface area contributed by atoms with Gasteiger partial charge in [-0.2, -0.15) is 0 Å². The summed E-state index contributed by atoms with van der Waals surface area (Å²) < 4.78 is 113. The largest absolute Gasteiger partial charge is 0.256 e. The SMILES string of the molecule is C/C(CN(S(=O)(=O)c1ccc(C)cc1)S(=O)(=O)c1ccc(C)cc1)=C(\C)CN(S(=O)(=O)c1ccc(C)cc1)S(=O)(=O)c1ccc(C)cc1. The van der Waals surface area contributed by atoms with Crippen LogP contribution in [0.25, 0.3) is 0 Å². The monoisotopic (exact) mass is 730 g/mol. The Morgan fingerprint density at radius 2 is 0.542 bits per heavy atom. The van der Waals surface area contributed by atoms with E-state index in [1.54, 1.807) is 76.2 Å². The van der Waals surface area contributed by atoms with E-state index in [1.165, 1.54) is 62.4 Å². The summed E-state index contributed by atoms with van der Waals surface area (Å²) in [5.41, 5.74) is 3.31. The molecule has 4 rings (SSSR count). The first-order valence-electron chi connectivity index (χ1n) is 14.8. The Hall–Kier alpha value is -3.66. The lowest BCUT2D eigenvalue weighted by Crippen LogP contribution is -2.40. The van der Waals surface area contributed by atoms with Gasteiger partial charge in [0.2, 0.25) is 0 Å². The molecule has 0 N–H and O–H groups in total. The molecule has 0 spiro atoms. The van der Waals surface area contributed by atoms with Crippen LogP contribution < -0.4 is 0 Å². The standard InChI is InChI=1S/C34H38N2O8S4/c1-25-7-15-31(16-8-25)45(37,38)35(46(39,40)32-17-9-26(2)10-18-32)23-29(5)30(6)24-36(47(41,42)33-19-11-27(3)12-20-33)48(43,44)34-21-13-28(4)14-22-34/h7-22H,23-24H2,1-6H3/b30-29-. The van der Waals surface area contributed by atoms with Gasteiger partial charge in [0.15, 0.2) is 0 Å². The number of benzene rings is 4. The second kappa shape index (κ2) is 14.1. The summed E-state index contributed by atoms with van der Waals surface area (Å²) in [5, 5.41) is 0. The van der Waals surface area contributed by atoms with Crippen molar-refractivity contribution in [2.75, 3.05) is 13.1 Å². The molecule has 0 aliphatic carbocycles. The second-order valence-corrected chi connectivity index (χ2v) is 19.6. The number of hydrogen-bond acceptors (Lipinski definition) is 8. The fourth-order valence-electron chi connectivity index (χ4n) is 4.57. The van der Waals surface area contributed by atoms with Crippen molar-refractivity contribution in [3.63, 3.8) is 0 Å². The number of nitrogens with zero attached hydrogens (tertiary/aromatic N) is 2. The van der Waals surface area contributed by atoms with E-state index in [0.29, 0.717) is 7.42 Å². The summed E-state index contributed by atoms with van der Waals surface area (Å²) in [4.78, 5) is -1.06. The molecule has 14 heteroatoms. The molecular weight excluding hydrogens is 693 g/mol. The minimum Gasteiger partial charge on any atom is -0.206 e. The maximum absolute atomic E-state index is 14.0. The first-order valence-corrected chi connectivity index (χ1v) is 20.5.